The van der Waals surface area contributed by atoms with Crippen LogP contribution in [0.5, 0.6) is 0 Å². The van der Waals surface area contributed by atoms with Crippen LogP contribution in [0.1, 0.15) is 56.6 Å². The van der Waals surface area contributed by atoms with Gasteiger partial charge in [0.25, 0.3) is 11.8 Å². The predicted molar refractivity (Wildman–Crippen MR) is 132 cm³/mol. The highest BCUT2D eigenvalue weighted by molar-refractivity contribution is 6.04. The van der Waals surface area contributed by atoms with Gasteiger partial charge >= 0.3 is 0 Å². The first-order valence-corrected chi connectivity index (χ1v) is 11.6. The van der Waals surface area contributed by atoms with E-state index in [2.05, 4.69) is 14.9 Å². The van der Waals surface area contributed by atoms with Crippen molar-refractivity contribution in [3.05, 3.63) is 107 Å². The maximum Gasteiger partial charge on any atom is 0.276 e. The van der Waals surface area contributed by atoms with Crippen LogP contribution < -0.4 is 5.32 Å². The van der Waals surface area contributed by atoms with Gasteiger partial charge in [-0.05, 0) is 42.3 Å². The lowest BCUT2D eigenvalue weighted by Gasteiger charge is -2.29. The summed E-state index contributed by atoms with van der Waals surface area (Å²) in [7, 11) is 0. The fraction of sp³-hybridized carbons (Fsp3) is 0.222. The Bertz CT molecular complexity index is 1340. The quantitative estimate of drug-likeness (QED) is 0.400. The van der Waals surface area contributed by atoms with Gasteiger partial charge < -0.3 is 24.9 Å². The molecule has 0 saturated heterocycles. The molecule has 35 heavy (non-hydrogen) atoms. The van der Waals surface area contributed by atoms with E-state index >= 15 is 0 Å². The van der Waals surface area contributed by atoms with E-state index in [0.29, 0.717) is 47.8 Å². The van der Waals surface area contributed by atoms with Gasteiger partial charge in [0.05, 0.1) is 18.3 Å². The van der Waals surface area contributed by atoms with E-state index in [9.17, 15) is 14.7 Å². The van der Waals surface area contributed by atoms with Crippen LogP contribution >= 0.6 is 0 Å². The minimum Gasteiger partial charge on any atom is -0.389 e. The second-order valence-corrected chi connectivity index (χ2v) is 8.70. The Kier molecular flexibility index (Phi) is 6.20. The highest BCUT2D eigenvalue weighted by Gasteiger charge is 2.30. The Morgan fingerprint density at radius 1 is 1.09 bits per heavy atom. The smallest absolute Gasteiger partial charge is 0.276 e. The predicted octanol–water partition coefficient (Wildman–Crippen LogP) is 3.76. The lowest BCUT2D eigenvalue weighted by Crippen LogP contribution is -2.39. The molecule has 1 aliphatic rings. The lowest BCUT2D eigenvalue weighted by molar-refractivity contribution is 0.0702. The number of aliphatic hydroxyl groups is 1. The molecule has 4 aromatic rings. The zero-order valence-electron chi connectivity index (χ0n) is 19.4. The van der Waals surface area contributed by atoms with Gasteiger partial charge in [0.1, 0.15) is 11.5 Å². The van der Waals surface area contributed by atoms with Gasteiger partial charge in [0.2, 0.25) is 0 Å². The van der Waals surface area contributed by atoms with E-state index in [1.165, 1.54) is 0 Å². The van der Waals surface area contributed by atoms with Crippen molar-refractivity contribution >= 4 is 17.5 Å². The van der Waals surface area contributed by atoms with E-state index in [4.69, 9.17) is 4.98 Å². The molecule has 2 aromatic carbocycles. The van der Waals surface area contributed by atoms with Crippen molar-refractivity contribution in [2.75, 3.05) is 11.9 Å². The van der Waals surface area contributed by atoms with Crippen LogP contribution in [0.15, 0.2) is 72.9 Å². The summed E-state index contributed by atoms with van der Waals surface area (Å²) in [5.41, 5.74) is 3.93. The molecule has 2 amide bonds. The van der Waals surface area contributed by atoms with Crippen LogP contribution in [0.3, 0.4) is 0 Å². The number of aromatic nitrogens is 3. The summed E-state index contributed by atoms with van der Waals surface area (Å²) in [6.45, 7) is 3.05. The molecule has 0 fully saturated rings. The molecule has 3 heterocycles. The van der Waals surface area contributed by atoms with Crippen molar-refractivity contribution < 1.29 is 14.7 Å². The van der Waals surface area contributed by atoms with Crippen molar-refractivity contribution in [3.63, 3.8) is 0 Å². The molecule has 0 aliphatic carbocycles. The van der Waals surface area contributed by atoms with E-state index in [-0.39, 0.29) is 18.4 Å². The summed E-state index contributed by atoms with van der Waals surface area (Å²) in [6, 6.07) is 20.7. The lowest BCUT2D eigenvalue weighted by atomic mass is 10.1. The van der Waals surface area contributed by atoms with Gasteiger partial charge in [0, 0.05) is 31.4 Å². The van der Waals surface area contributed by atoms with Gasteiger partial charge in [-0.15, -0.1) is 0 Å². The van der Waals surface area contributed by atoms with Gasteiger partial charge in [-0.3, -0.25) is 9.59 Å². The van der Waals surface area contributed by atoms with Crippen LogP contribution in [0, 0.1) is 0 Å². The number of benzene rings is 2. The first kappa shape index (κ1) is 22.6. The van der Waals surface area contributed by atoms with Crippen molar-refractivity contribution in [1.29, 1.82) is 0 Å². The molecule has 5 rings (SSSR count). The van der Waals surface area contributed by atoms with Gasteiger partial charge in [-0.2, -0.15) is 0 Å². The van der Waals surface area contributed by atoms with Crippen LogP contribution in [0.25, 0.3) is 0 Å². The number of fused-ring (bicyclic) bond motifs is 1. The van der Waals surface area contributed by atoms with E-state index in [0.717, 1.165) is 11.4 Å². The van der Waals surface area contributed by atoms with Gasteiger partial charge in [-0.1, -0.05) is 42.5 Å². The molecule has 3 N–H and O–H groups in total. The summed E-state index contributed by atoms with van der Waals surface area (Å²) in [5.74, 6) is 0.342. The minimum absolute atomic E-state index is 0.108. The van der Waals surface area contributed by atoms with Crippen LogP contribution in [0.4, 0.5) is 5.69 Å². The summed E-state index contributed by atoms with van der Waals surface area (Å²) in [4.78, 5) is 35.8. The number of aliphatic hydroxyl groups excluding tert-OH is 1. The summed E-state index contributed by atoms with van der Waals surface area (Å²) >= 11 is 0. The molecule has 178 valence electrons. The molecule has 0 saturated carbocycles. The number of aromatic amines is 1. The number of hydrogen-bond donors (Lipinski definition) is 3. The van der Waals surface area contributed by atoms with Crippen molar-refractivity contribution in [2.45, 2.75) is 32.5 Å². The number of anilines is 1. The Hall–Kier alpha value is -4.17. The Morgan fingerprint density at radius 3 is 2.66 bits per heavy atom. The van der Waals surface area contributed by atoms with Crippen molar-refractivity contribution in [1.82, 2.24) is 19.4 Å². The SMILES string of the molecule is C[C@H](O)c1cccc(NC(=O)c2nc(Cc3ccccc3)n3c2CN(C(=O)c2ccc[nH]2)CC3)c1. The normalized spacial score (nSPS) is 13.8. The van der Waals surface area contributed by atoms with Crippen LogP contribution in [0.2, 0.25) is 0 Å². The maximum atomic E-state index is 13.4. The molecule has 1 atom stereocenters. The maximum absolute atomic E-state index is 13.4. The van der Waals surface area contributed by atoms with Crippen molar-refractivity contribution in [3.8, 4) is 0 Å². The minimum atomic E-state index is -0.641. The number of hydrogen-bond acceptors (Lipinski definition) is 4. The van der Waals surface area contributed by atoms with Gasteiger partial charge in [-0.25, -0.2) is 4.98 Å². The Labute approximate surface area is 203 Å². The third-order valence-electron chi connectivity index (χ3n) is 6.25. The highest BCUT2D eigenvalue weighted by atomic mass is 16.3. The molecule has 8 heteroatoms. The second-order valence-electron chi connectivity index (χ2n) is 8.70. The molecule has 1 aliphatic heterocycles. The average Bonchev–Trinajstić information content (AvgIpc) is 3.53. The van der Waals surface area contributed by atoms with E-state index < -0.39 is 6.10 Å². The van der Waals surface area contributed by atoms with Crippen molar-refractivity contribution in [2.24, 2.45) is 0 Å². The van der Waals surface area contributed by atoms with Gasteiger partial charge in [0.15, 0.2) is 5.69 Å². The van der Waals surface area contributed by atoms with E-state index in [1.54, 1.807) is 54.4 Å². The third kappa shape index (κ3) is 4.74. The number of carbonyl (C=O) groups excluding carboxylic acids is 2. The summed E-state index contributed by atoms with van der Waals surface area (Å²) < 4.78 is 2.06. The fourth-order valence-corrected chi connectivity index (χ4v) is 4.41. The number of amides is 2. The number of nitrogens with zero attached hydrogens (tertiary/aromatic N) is 3. The zero-order valence-corrected chi connectivity index (χ0v) is 19.4. The zero-order chi connectivity index (χ0) is 24.4. The molecule has 0 unspecified atom stereocenters. The Morgan fingerprint density at radius 2 is 1.91 bits per heavy atom. The molecule has 0 spiro atoms. The van der Waals surface area contributed by atoms with Crippen LogP contribution in [-0.2, 0) is 19.5 Å². The number of rotatable bonds is 6. The topological polar surface area (TPSA) is 103 Å². The summed E-state index contributed by atoms with van der Waals surface area (Å²) in [6.07, 6.45) is 1.67. The summed E-state index contributed by atoms with van der Waals surface area (Å²) in [5, 5.41) is 12.8. The first-order valence-electron chi connectivity index (χ1n) is 11.6. The first-order chi connectivity index (χ1) is 17.0. The standard InChI is InChI=1S/C27H27N5O3/c1-18(33)20-9-5-10-21(16-20)29-26(34)25-23-17-31(27(35)22-11-6-12-28-22)13-14-32(23)24(30-25)15-19-7-3-2-4-8-19/h2-12,16,18,28,33H,13-15,17H2,1H3,(H,29,34)/t18-/m0/s1. The molecular formula is C27H27N5O3. The monoisotopic (exact) mass is 469 g/mol. The third-order valence-corrected chi connectivity index (χ3v) is 6.25. The largest absolute Gasteiger partial charge is 0.389 e. The fourth-order valence-electron chi connectivity index (χ4n) is 4.41. The number of nitrogens with one attached hydrogen (secondary N) is 2. The molecule has 0 radical (unpaired) electrons. The molecule has 2 aromatic heterocycles. The second kappa shape index (κ2) is 9.60. The van der Waals surface area contributed by atoms with E-state index in [1.807, 2.05) is 30.3 Å². The average molecular weight is 470 g/mol. The molecule has 8 nitrogen and oxygen atoms in total. The number of H-pyrrole nitrogens is 1. The number of carbonyl (C=O) groups is 2. The van der Waals surface area contributed by atoms with Crippen LogP contribution in [-0.4, -0.2) is 42.9 Å². The Balaban J connectivity index is 1.47. The molecular weight excluding hydrogens is 442 g/mol. The highest BCUT2D eigenvalue weighted by Crippen LogP contribution is 2.24. The molecule has 0 bridgehead atoms. The number of imidazole rings is 1.